The molecule has 0 radical (unpaired) electrons. The summed E-state index contributed by atoms with van der Waals surface area (Å²) in [6.45, 7) is 1.96. The number of carbonyl (C=O) groups excluding carboxylic acids is 1. The molecule has 0 aliphatic rings. The zero-order chi connectivity index (χ0) is 16.6. The lowest BCUT2D eigenvalue weighted by Gasteiger charge is -2.09. The summed E-state index contributed by atoms with van der Waals surface area (Å²) in [6, 6.07) is 8.68. The Kier molecular flexibility index (Phi) is 4.62. The number of carbonyl (C=O) groups is 1. The first-order valence-electron chi connectivity index (χ1n) is 6.92. The molecule has 0 spiro atoms. The summed E-state index contributed by atoms with van der Waals surface area (Å²) in [6.07, 6.45) is 2.47. The van der Waals surface area contributed by atoms with Gasteiger partial charge >= 0.3 is 0 Å². The van der Waals surface area contributed by atoms with Gasteiger partial charge in [-0.2, -0.15) is 0 Å². The smallest absolute Gasteiger partial charge is 0.274 e. The summed E-state index contributed by atoms with van der Waals surface area (Å²) in [5.41, 5.74) is 2.45. The topological polar surface area (TPSA) is 46.4 Å². The number of hydrogen-bond acceptors (Lipinski definition) is 2. The van der Waals surface area contributed by atoms with Crippen molar-refractivity contribution in [2.75, 3.05) is 5.32 Å². The van der Waals surface area contributed by atoms with Crippen LogP contribution in [0, 0.1) is 0 Å². The highest BCUT2D eigenvalue weighted by atomic mass is 79.9. The Hall–Kier alpha value is -1.56. The van der Waals surface area contributed by atoms with Crippen LogP contribution >= 0.6 is 39.1 Å². The number of aromatic nitrogens is 2. The molecule has 0 aliphatic carbocycles. The number of pyridine rings is 1. The average Bonchev–Trinajstić information content (AvgIpc) is 2.87. The second-order valence-electron chi connectivity index (χ2n) is 4.91. The summed E-state index contributed by atoms with van der Waals surface area (Å²) in [4.78, 5) is 17.2. The highest BCUT2D eigenvalue weighted by Crippen LogP contribution is 2.26. The zero-order valence-corrected chi connectivity index (χ0v) is 15.2. The molecular weight excluding hydrogens is 401 g/mol. The SMILES string of the molecule is CCc1nc2ccc(Br)cn2c1C(=O)Nc1ccc(Cl)cc1Cl. The summed E-state index contributed by atoms with van der Waals surface area (Å²) in [7, 11) is 0. The molecule has 0 saturated carbocycles. The molecule has 0 fully saturated rings. The largest absolute Gasteiger partial charge is 0.319 e. The van der Waals surface area contributed by atoms with Crippen molar-refractivity contribution in [2.45, 2.75) is 13.3 Å². The fourth-order valence-corrected chi connectivity index (χ4v) is 3.12. The Balaban J connectivity index is 2.04. The number of hydrogen-bond donors (Lipinski definition) is 1. The quantitative estimate of drug-likeness (QED) is 0.641. The third-order valence-corrected chi connectivity index (χ3v) is 4.40. The molecule has 1 aromatic carbocycles. The number of nitrogens with one attached hydrogen (secondary N) is 1. The van der Waals surface area contributed by atoms with Gasteiger partial charge in [-0.05, 0) is 52.7 Å². The number of rotatable bonds is 3. The standard InChI is InChI=1S/C16H12BrCl2N3O/c1-2-12-15(22-8-9(17)3-6-14(22)20-12)16(23)21-13-5-4-10(18)7-11(13)19/h3-8H,2H2,1H3,(H,21,23). The van der Waals surface area contributed by atoms with Crippen molar-refractivity contribution in [3.8, 4) is 0 Å². The molecule has 1 N–H and O–H groups in total. The van der Waals surface area contributed by atoms with Gasteiger partial charge in [0.25, 0.3) is 5.91 Å². The summed E-state index contributed by atoms with van der Waals surface area (Å²) in [5.74, 6) is -0.267. The van der Waals surface area contributed by atoms with Crippen LogP contribution in [0.25, 0.3) is 5.65 Å². The minimum absolute atomic E-state index is 0.267. The van der Waals surface area contributed by atoms with Crippen molar-refractivity contribution >= 4 is 56.4 Å². The molecule has 0 unspecified atom stereocenters. The molecule has 0 bridgehead atoms. The van der Waals surface area contributed by atoms with E-state index in [1.54, 1.807) is 22.6 Å². The van der Waals surface area contributed by atoms with E-state index in [1.807, 2.05) is 25.3 Å². The van der Waals surface area contributed by atoms with Crippen molar-refractivity contribution in [3.05, 3.63) is 62.4 Å². The van der Waals surface area contributed by atoms with Crippen molar-refractivity contribution < 1.29 is 4.79 Å². The van der Waals surface area contributed by atoms with Crippen LogP contribution < -0.4 is 5.32 Å². The highest BCUT2D eigenvalue weighted by molar-refractivity contribution is 9.10. The molecule has 0 aliphatic heterocycles. The van der Waals surface area contributed by atoms with E-state index >= 15 is 0 Å². The molecule has 4 nitrogen and oxygen atoms in total. The molecule has 0 atom stereocenters. The van der Waals surface area contributed by atoms with Crippen molar-refractivity contribution in [1.82, 2.24) is 9.38 Å². The van der Waals surface area contributed by atoms with Crippen LogP contribution in [0.2, 0.25) is 10.0 Å². The molecule has 3 aromatic rings. The van der Waals surface area contributed by atoms with Crippen LogP contribution in [0.15, 0.2) is 41.0 Å². The van der Waals surface area contributed by atoms with Gasteiger partial charge in [-0.1, -0.05) is 30.1 Å². The van der Waals surface area contributed by atoms with Gasteiger partial charge in [-0.15, -0.1) is 0 Å². The molecule has 7 heteroatoms. The monoisotopic (exact) mass is 411 g/mol. The molecule has 23 heavy (non-hydrogen) atoms. The van der Waals surface area contributed by atoms with Gasteiger partial charge in [0, 0.05) is 15.7 Å². The first kappa shape index (κ1) is 16.3. The van der Waals surface area contributed by atoms with Gasteiger partial charge in [-0.3, -0.25) is 9.20 Å². The maximum atomic E-state index is 12.7. The fourth-order valence-electron chi connectivity index (χ4n) is 2.33. The Labute approximate surface area is 151 Å². The average molecular weight is 413 g/mol. The van der Waals surface area contributed by atoms with Gasteiger partial charge < -0.3 is 5.32 Å². The van der Waals surface area contributed by atoms with E-state index < -0.39 is 0 Å². The van der Waals surface area contributed by atoms with Crippen molar-refractivity contribution in [2.24, 2.45) is 0 Å². The van der Waals surface area contributed by atoms with E-state index in [9.17, 15) is 4.79 Å². The second kappa shape index (κ2) is 6.51. The fraction of sp³-hybridized carbons (Fsp3) is 0.125. The normalized spacial score (nSPS) is 11.0. The number of amides is 1. The summed E-state index contributed by atoms with van der Waals surface area (Å²) in [5, 5.41) is 3.72. The lowest BCUT2D eigenvalue weighted by Crippen LogP contribution is -2.16. The van der Waals surface area contributed by atoms with Gasteiger partial charge in [0.1, 0.15) is 11.3 Å². The Morgan fingerprint density at radius 2 is 2.09 bits per heavy atom. The van der Waals surface area contributed by atoms with Crippen LogP contribution in [-0.4, -0.2) is 15.3 Å². The summed E-state index contributed by atoms with van der Waals surface area (Å²) >= 11 is 15.4. The molecular formula is C16H12BrCl2N3O. The molecule has 1 amide bonds. The molecule has 118 valence electrons. The van der Waals surface area contributed by atoms with Crippen LogP contribution in [-0.2, 0) is 6.42 Å². The molecule has 0 saturated heterocycles. The predicted octanol–water partition coefficient (Wildman–Crippen LogP) is 5.22. The maximum absolute atomic E-state index is 12.7. The minimum Gasteiger partial charge on any atom is -0.319 e. The lowest BCUT2D eigenvalue weighted by atomic mass is 10.2. The van der Waals surface area contributed by atoms with E-state index in [1.165, 1.54) is 0 Å². The number of imidazole rings is 1. The van der Waals surface area contributed by atoms with Gasteiger partial charge in [0.2, 0.25) is 0 Å². The molecule has 3 rings (SSSR count). The molecule has 2 heterocycles. The minimum atomic E-state index is -0.267. The maximum Gasteiger partial charge on any atom is 0.274 e. The van der Waals surface area contributed by atoms with E-state index in [0.29, 0.717) is 27.8 Å². The first-order chi connectivity index (χ1) is 11.0. The Morgan fingerprint density at radius 3 is 2.78 bits per heavy atom. The molecule has 2 aromatic heterocycles. The van der Waals surface area contributed by atoms with E-state index in [4.69, 9.17) is 23.2 Å². The lowest BCUT2D eigenvalue weighted by molar-refractivity contribution is 0.102. The van der Waals surface area contributed by atoms with Gasteiger partial charge in [-0.25, -0.2) is 4.98 Å². The third kappa shape index (κ3) is 3.22. The summed E-state index contributed by atoms with van der Waals surface area (Å²) < 4.78 is 2.63. The third-order valence-electron chi connectivity index (χ3n) is 3.38. The number of halogens is 3. The number of aryl methyl sites for hydroxylation is 1. The Bertz CT molecular complexity index is 908. The van der Waals surface area contributed by atoms with E-state index in [0.717, 1.165) is 15.8 Å². The van der Waals surface area contributed by atoms with Crippen molar-refractivity contribution in [3.63, 3.8) is 0 Å². The van der Waals surface area contributed by atoms with Gasteiger partial charge in [0.15, 0.2) is 0 Å². The van der Waals surface area contributed by atoms with Crippen LogP contribution in [0.4, 0.5) is 5.69 Å². The van der Waals surface area contributed by atoms with Crippen molar-refractivity contribution in [1.29, 1.82) is 0 Å². The second-order valence-corrected chi connectivity index (χ2v) is 6.67. The van der Waals surface area contributed by atoms with E-state index in [-0.39, 0.29) is 5.91 Å². The van der Waals surface area contributed by atoms with Crippen LogP contribution in [0.3, 0.4) is 0 Å². The zero-order valence-electron chi connectivity index (χ0n) is 12.1. The first-order valence-corrected chi connectivity index (χ1v) is 8.47. The number of anilines is 1. The number of nitrogens with zero attached hydrogens (tertiary/aromatic N) is 2. The highest BCUT2D eigenvalue weighted by Gasteiger charge is 2.19. The predicted molar refractivity (Wildman–Crippen MR) is 96.7 cm³/mol. The number of fused-ring (bicyclic) bond motifs is 1. The van der Waals surface area contributed by atoms with E-state index in [2.05, 4.69) is 26.2 Å². The van der Waals surface area contributed by atoms with Crippen LogP contribution in [0.1, 0.15) is 23.1 Å². The number of benzene rings is 1. The Morgan fingerprint density at radius 1 is 1.30 bits per heavy atom. The van der Waals surface area contributed by atoms with Gasteiger partial charge in [0.05, 0.1) is 16.4 Å². The van der Waals surface area contributed by atoms with Crippen LogP contribution in [0.5, 0.6) is 0 Å².